The van der Waals surface area contributed by atoms with Gasteiger partial charge in [-0.1, -0.05) is 29.5 Å². The Kier molecular flexibility index (Phi) is 8.44. The van der Waals surface area contributed by atoms with Gasteiger partial charge >= 0.3 is 6.09 Å². The Morgan fingerprint density at radius 1 is 1.20 bits per heavy atom. The van der Waals surface area contributed by atoms with Gasteiger partial charge in [-0.15, -0.1) is 11.3 Å². The summed E-state index contributed by atoms with van der Waals surface area (Å²) >= 11 is 7.99. The number of anilines is 2. The highest BCUT2D eigenvalue weighted by Crippen LogP contribution is 2.33. The summed E-state index contributed by atoms with van der Waals surface area (Å²) in [6, 6.07) is 13.1. The number of pyridine rings is 1. The Morgan fingerprint density at radius 2 is 2.10 bits per heavy atom. The van der Waals surface area contributed by atoms with E-state index >= 15 is 0 Å². The number of hydrogen-bond donors (Lipinski definition) is 2. The standard InChI is InChI=1S/C29H27ClN6O4S/c30-25-14-20(5-7-26(25)39-17-21-3-1-2-8-31-21)35-27-24-15-23(41-28(24)34-18-33-27)6-4-19-13-22(16-32-19)40-29(37)36-9-11-38-12-10-36/h1-3,5,7-8,14-15,18-19,22,32H,9-13,16-17H2,(H,33,34,35)/t19-,22+/m1/s1. The minimum absolute atomic E-state index is 0.0630. The average molecular weight is 591 g/mol. The zero-order valence-electron chi connectivity index (χ0n) is 22.0. The van der Waals surface area contributed by atoms with E-state index in [2.05, 4.69) is 37.4 Å². The molecule has 4 aromatic rings. The number of ether oxygens (including phenoxy) is 3. The summed E-state index contributed by atoms with van der Waals surface area (Å²) in [6.45, 7) is 3.13. The zero-order chi connectivity index (χ0) is 28.0. The van der Waals surface area contributed by atoms with E-state index in [1.165, 1.54) is 17.7 Å². The Balaban J connectivity index is 1.08. The number of thiophene rings is 1. The van der Waals surface area contributed by atoms with Crippen molar-refractivity contribution in [3.8, 4) is 17.6 Å². The summed E-state index contributed by atoms with van der Waals surface area (Å²) in [5.41, 5.74) is 1.59. The van der Waals surface area contributed by atoms with E-state index < -0.39 is 0 Å². The maximum absolute atomic E-state index is 12.4. The second-order valence-corrected chi connectivity index (χ2v) is 10.9. The molecule has 2 aliphatic rings. The van der Waals surface area contributed by atoms with Crippen molar-refractivity contribution in [2.45, 2.75) is 25.2 Å². The second kappa shape index (κ2) is 12.7. The second-order valence-electron chi connectivity index (χ2n) is 9.50. The molecule has 2 fully saturated rings. The van der Waals surface area contributed by atoms with E-state index in [4.69, 9.17) is 25.8 Å². The SMILES string of the molecule is O=C(O[C@@H]1CN[C@H](C#Cc2cc3c(Nc4ccc(OCc5ccccn5)c(Cl)c4)ncnc3s2)C1)N1CCOCC1. The molecule has 0 aliphatic carbocycles. The van der Waals surface area contributed by atoms with Gasteiger partial charge in [-0.2, -0.15) is 0 Å². The van der Waals surface area contributed by atoms with Gasteiger partial charge in [-0.3, -0.25) is 10.3 Å². The summed E-state index contributed by atoms with van der Waals surface area (Å²) < 4.78 is 16.8. The van der Waals surface area contributed by atoms with Crippen molar-refractivity contribution < 1.29 is 19.0 Å². The van der Waals surface area contributed by atoms with Gasteiger partial charge in [0.1, 0.15) is 35.4 Å². The Morgan fingerprint density at radius 3 is 2.93 bits per heavy atom. The number of aromatic nitrogens is 3. The molecule has 2 saturated heterocycles. The summed E-state index contributed by atoms with van der Waals surface area (Å²) in [6.07, 6.45) is 3.40. The summed E-state index contributed by atoms with van der Waals surface area (Å²) in [4.78, 5) is 28.9. The predicted octanol–water partition coefficient (Wildman–Crippen LogP) is 4.61. The first kappa shape index (κ1) is 27.2. The van der Waals surface area contributed by atoms with Crippen molar-refractivity contribution in [1.82, 2.24) is 25.2 Å². The van der Waals surface area contributed by atoms with Crippen molar-refractivity contribution in [1.29, 1.82) is 0 Å². The topological polar surface area (TPSA) is 111 Å². The van der Waals surface area contributed by atoms with E-state index in [9.17, 15) is 4.79 Å². The fraction of sp³-hybridized carbons (Fsp3) is 0.310. The number of rotatable bonds is 6. The number of halogens is 1. The first-order chi connectivity index (χ1) is 20.1. The van der Waals surface area contributed by atoms with Gasteiger partial charge in [0.05, 0.1) is 40.2 Å². The van der Waals surface area contributed by atoms with Crippen molar-refractivity contribution >= 4 is 50.8 Å². The van der Waals surface area contributed by atoms with Gasteiger partial charge in [-0.05, 0) is 36.4 Å². The molecule has 0 bridgehead atoms. The van der Waals surface area contributed by atoms with Crippen LogP contribution in [0.15, 0.2) is 55.0 Å². The minimum atomic E-state index is -0.287. The number of carbonyl (C=O) groups is 1. The Hall–Kier alpha value is -3.95. The monoisotopic (exact) mass is 590 g/mol. The molecule has 210 valence electrons. The van der Waals surface area contributed by atoms with Crippen LogP contribution in [-0.4, -0.2) is 70.9 Å². The van der Waals surface area contributed by atoms with Crippen LogP contribution in [0.25, 0.3) is 10.2 Å². The van der Waals surface area contributed by atoms with Crippen LogP contribution in [0.3, 0.4) is 0 Å². The molecule has 2 atom stereocenters. The van der Waals surface area contributed by atoms with Crippen LogP contribution < -0.4 is 15.4 Å². The van der Waals surface area contributed by atoms with E-state index in [0.717, 1.165) is 26.5 Å². The lowest BCUT2D eigenvalue weighted by atomic mass is 10.2. The van der Waals surface area contributed by atoms with Gasteiger partial charge in [0.15, 0.2) is 0 Å². The van der Waals surface area contributed by atoms with Gasteiger partial charge in [-0.25, -0.2) is 14.8 Å². The largest absolute Gasteiger partial charge is 0.486 e. The van der Waals surface area contributed by atoms with E-state index in [-0.39, 0.29) is 18.2 Å². The van der Waals surface area contributed by atoms with E-state index in [1.54, 1.807) is 17.2 Å². The Labute approximate surface area is 246 Å². The molecular formula is C29H27ClN6O4S. The summed E-state index contributed by atoms with van der Waals surface area (Å²) in [5.74, 6) is 7.75. The number of nitrogens with one attached hydrogen (secondary N) is 2. The lowest BCUT2D eigenvalue weighted by molar-refractivity contribution is 0.0156. The van der Waals surface area contributed by atoms with Crippen molar-refractivity contribution in [2.75, 3.05) is 38.2 Å². The molecule has 1 amide bonds. The summed E-state index contributed by atoms with van der Waals surface area (Å²) in [7, 11) is 0. The molecule has 1 aromatic carbocycles. The molecule has 0 spiro atoms. The number of fused-ring (bicyclic) bond motifs is 1. The number of carbonyl (C=O) groups excluding carboxylic acids is 1. The number of morpholine rings is 1. The predicted molar refractivity (Wildman–Crippen MR) is 157 cm³/mol. The number of nitrogens with zero attached hydrogens (tertiary/aromatic N) is 4. The molecule has 5 heterocycles. The molecule has 10 nitrogen and oxygen atoms in total. The fourth-order valence-electron chi connectivity index (χ4n) is 4.51. The van der Waals surface area contributed by atoms with Crippen LogP contribution in [0.4, 0.5) is 16.3 Å². The zero-order valence-corrected chi connectivity index (χ0v) is 23.6. The average Bonchev–Trinajstić information content (AvgIpc) is 3.64. The fourth-order valence-corrected chi connectivity index (χ4v) is 5.60. The molecule has 2 aliphatic heterocycles. The molecule has 12 heteroatoms. The van der Waals surface area contributed by atoms with Crippen LogP contribution in [0.5, 0.6) is 5.75 Å². The molecule has 0 unspecified atom stereocenters. The smallest absolute Gasteiger partial charge is 0.410 e. The third-order valence-corrected chi connectivity index (χ3v) is 7.88. The Bertz CT molecular complexity index is 1580. The van der Waals surface area contributed by atoms with Crippen molar-refractivity contribution in [3.63, 3.8) is 0 Å². The molecule has 0 radical (unpaired) electrons. The van der Waals surface area contributed by atoms with Crippen molar-refractivity contribution in [2.24, 2.45) is 0 Å². The number of benzene rings is 1. The first-order valence-electron chi connectivity index (χ1n) is 13.2. The molecule has 3 aromatic heterocycles. The highest BCUT2D eigenvalue weighted by atomic mass is 35.5. The van der Waals surface area contributed by atoms with E-state index in [1.807, 2.05) is 36.4 Å². The van der Waals surface area contributed by atoms with Crippen LogP contribution >= 0.6 is 22.9 Å². The normalized spacial score (nSPS) is 18.5. The third kappa shape index (κ3) is 6.86. The van der Waals surface area contributed by atoms with E-state index in [0.29, 0.717) is 62.5 Å². The minimum Gasteiger partial charge on any atom is -0.486 e. The highest BCUT2D eigenvalue weighted by Gasteiger charge is 2.28. The molecule has 0 saturated carbocycles. The quantitative estimate of drug-likeness (QED) is 0.311. The third-order valence-electron chi connectivity index (χ3n) is 6.62. The van der Waals surface area contributed by atoms with Gasteiger partial charge < -0.3 is 24.4 Å². The van der Waals surface area contributed by atoms with Gasteiger partial charge in [0.2, 0.25) is 0 Å². The number of amides is 1. The molecule has 2 N–H and O–H groups in total. The van der Waals surface area contributed by atoms with Crippen molar-refractivity contribution in [3.05, 3.63) is 70.6 Å². The maximum Gasteiger partial charge on any atom is 0.410 e. The number of hydrogen-bond acceptors (Lipinski definition) is 10. The molecule has 41 heavy (non-hydrogen) atoms. The van der Waals surface area contributed by atoms with Crippen LogP contribution in [0.1, 0.15) is 17.0 Å². The van der Waals surface area contributed by atoms with Gasteiger partial charge in [0, 0.05) is 37.9 Å². The van der Waals surface area contributed by atoms with Crippen LogP contribution in [-0.2, 0) is 16.1 Å². The highest BCUT2D eigenvalue weighted by molar-refractivity contribution is 7.19. The maximum atomic E-state index is 12.4. The first-order valence-corrected chi connectivity index (χ1v) is 14.4. The molecular weight excluding hydrogens is 564 g/mol. The lowest BCUT2D eigenvalue weighted by Crippen LogP contribution is -2.42. The van der Waals surface area contributed by atoms with Crippen LogP contribution in [0.2, 0.25) is 5.02 Å². The lowest BCUT2D eigenvalue weighted by Gasteiger charge is -2.27. The summed E-state index contributed by atoms with van der Waals surface area (Å²) in [5, 5.41) is 8.01. The molecule has 6 rings (SSSR count). The van der Waals surface area contributed by atoms with Gasteiger partial charge in [0.25, 0.3) is 0 Å². The van der Waals surface area contributed by atoms with Crippen LogP contribution in [0, 0.1) is 11.8 Å².